The van der Waals surface area contributed by atoms with E-state index in [-0.39, 0.29) is 0 Å². The number of hydrogen-bond donors (Lipinski definition) is 0. The van der Waals surface area contributed by atoms with Gasteiger partial charge in [-0.25, -0.2) is 0 Å². The fourth-order valence-electron chi connectivity index (χ4n) is 1.90. The van der Waals surface area contributed by atoms with Gasteiger partial charge in [0.15, 0.2) is 0 Å². The lowest BCUT2D eigenvalue weighted by Gasteiger charge is -2.26. The fourth-order valence-corrected chi connectivity index (χ4v) is 3.17. The Labute approximate surface area is 94.9 Å². The Morgan fingerprint density at radius 1 is 1.47 bits per heavy atom. The second-order valence-corrected chi connectivity index (χ2v) is 4.91. The third-order valence-corrected chi connectivity index (χ3v) is 4.00. The molecule has 0 aromatic heterocycles. The van der Waals surface area contributed by atoms with Crippen LogP contribution in [0.5, 0.6) is 0 Å². The SMILES string of the molecule is CN(c1ccccc1C#N)C1CCSC1. The molecule has 1 heterocycles. The van der Waals surface area contributed by atoms with Gasteiger partial charge in [0, 0.05) is 18.8 Å². The van der Waals surface area contributed by atoms with E-state index < -0.39 is 0 Å². The first-order chi connectivity index (χ1) is 7.33. The number of nitriles is 1. The average molecular weight is 218 g/mol. The summed E-state index contributed by atoms with van der Waals surface area (Å²) in [5.74, 6) is 2.42. The molecular formula is C12H14N2S. The second-order valence-electron chi connectivity index (χ2n) is 3.76. The molecule has 0 aliphatic carbocycles. The van der Waals surface area contributed by atoms with E-state index in [0.29, 0.717) is 6.04 Å². The van der Waals surface area contributed by atoms with Gasteiger partial charge in [-0.3, -0.25) is 0 Å². The predicted molar refractivity (Wildman–Crippen MR) is 65.3 cm³/mol. The van der Waals surface area contributed by atoms with Crippen molar-refractivity contribution in [2.45, 2.75) is 12.5 Å². The van der Waals surface area contributed by atoms with Gasteiger partial charge in [0.25, 0.3) is 0 Å². The van der Waals surface area contributed by atoms with Gasteiger partial charge in [-0.1, -0.05) is 12.1 Å². The van der Waals surface area contributed by atoms with Gasteiger partial charge in [0.1, 0.15) is 6.07 Å². The first-order valence-corrected chi connectivity index (χ1v) is 6.28. The molecule has 2 nitrogen and oxygen atoms in total. The fraction of sp³-hybridized carbons (Fsp3) is 0.417. The van der Waals surface area contributed by atoms with E-state index >= 15 is 0 Å². The maximum Gasteiger partial charge on any atom is 0.101 e. The smallest absolute Gasteiger partial charge is 0.101 e. The van der Waals surface area contributed by atoms with Gasteiger partial charge < -0.3 is 4.90 Å². The Morgan fingerprint density at radius 2 is 2.27 bits per heavy atom. The number of anilines is 1. The number of thioether (sulfide) groups is 1. The van der Waals surface area contributed by atoms with Crippen LogP contribution in [-0.2, 0) is 0 Å². The first kappa shape index (κ1) is 10.4. The second kappa shape index (κ2) is 4.59. The Morgan fingerprint density at radius 3 is 2.93 bits per heavy atom. The lowest BCUT2D eigenvalue weighted by molar-refractivity contribution is 0.699. The highest BCUT2D eigenvalue weighted by atomic mass is 32.2. The van der Waals surface area contributed by atoms with Gasteiger partial charge in [-0.2, -0.15) is 17.0 Å². The quantitative estimate of drug-likeness (QED) is 0.763. The number of benzene rings is 1. The van der Waals surface area contributed by atoms with Gasteiger partial charge in [-0.05, 0) is 24.3 Å². The summed E-state index contributed by atoms with van der Waals surface area (Å²) in [6, 6.07) is 10.7. The highest BCUT2D eigenvalue weighted by Gasteiger charge is 2.21. The molecule has 0 amide bonds. The Kier molecular flexibility index (Phi) is 3.17. The zero-order valence-electron chi connectivity index (χ0n) is 8.81. The third-order valence-electron chi connectivity index (χ3n) is 2.86. The van der Waals surface area contributed by atoms with Gasteiger partial charge in [0.2, 0.25) is 0 Å². The minimum Gasteiger partial charge on any atom is -0.370 e. The molecule has 1 aromatic carbocycles. The summed E-state index contributed by atoms with van der Waals surface area (Å²) in [5.41, 5.74) is 1.84. The summed E-state index contributed by atoms with van der Waals surface area (Å²) in [6.07, 6.45) is 1.22. The van der Waals surface area contributed by atoms with Gasteiger partial charge >= 0.3 is 0 Å². The summed E-state index contributed by atoms with van der Waals surface area (Å²) in [6.45, 7) is 0. The molecule has 1 atom stereocenters. The molecule has 0 radical (unpaired) electrons. The molecule has 1 fully saturated rings. The average Bonchev–Trinajstić information content (AvgIpc) is 2.81. The number of para-hydroxylation sites is 1. The van der Waals surface area contributed by atoms with Crippen LogP contribution in [0.1, 0.15) is 12.0 Å². The van der Waals surface area contributed by atoms with E-state index in [4.69, 9.17) is 5.26 Å². The molecule has 1 aromatic rings. The van der Waals surface area contributed by atoms with Crippen molar-refractivity contribution in [2.75, 3.05) is 23.5 Å². The number of hydrogen-bond acceptors (Lipinski definition) is 3. The van der Waals surface area contributed by atoms with Crippen molar-refractivity contribution in [3.05, 3.63) is 29.8 Å². The zero-order valence-corrected chi connectivity index (χ0v) is 9.63. The Bertz CT molecular complexity index is 377. The van der Waals surface area contributed by atoms with Crippen molar-refractivity contribution >= 4 is 17.4 Å². The lowest BCUT2D eigenvalue weighted by Crippen LogP contribution is -2.31. The summed E-state index contributed by atoms with van der Waals surface area (Å²) in [4.78, 5) is 2.25. The standard InChI is InChI=1S/C12H14N2S/c1-14(11-6-7-15-9-11)12-5-3-2-4-10(12)8-13/h2-5,11H,6-7,9H2,1H3. The van der Waals surface area contributed by atoms with E-state index in [9.17, 15) is 0 Å². The predicted octanol–water partition coefficient (Wildman–Crippen LogP) is 2.50. The molecule has 0 saturated carbocycles. The van der Waals surface area contributed by atoms with E-state index in [1.54, 1.807) is 0 Å². The molecule has 1 unspecified atom stereocenters. The van der Waals surface area contributed by atoms with Crippen LogP contribution < -0.4 is 4.90 Å². The third kappa shape index (κ3) is 2.10. The van der Waals surface area contributed by atoms with Crippen molar-refractivity contribution in [2.24, 2.45) is 0 Å². The Balaban J connectivity index is 2.24. The lowest BCUT2D eigenvalue weighted by atomic mass is 10.1. The minimum atomic E-state index is 0.587. The highest BCUT2D eigenvalue weighted by Crippen LogP contribution is 2.27. The largest absolute Gasteiger partial charge is 0.370 e. The maximum absolute atomic E-state index is 9.03. The molecular weight excluding hydrogens is 204 g/mol. The van der Waals surface area contributed by atoms with Gasteiger partial charge in [-0.15, -0.1) is 0 Å². The van der Waals surface area contributed by atoms with Crippen LogP contribution in [0.3, 0.4) is 0 Å². The molecule has 1 aliphatic heterocycles. The van der Waals surface area contributed by atoms with Gasteiger partial charge in [0.05, 0.1) is 11.3 Å². The van der Waals surface area contributed by atoms with Crippen LogP contribution in [0.15, 0.2) is 24.3 Å². The monoisotopic (exact) mass is 218 g/mol. The molecule has 78 valence electrons. The van der Waals surface area contributed by atoms with E-state index in [0.717, 1.165) is 11.3 Å². The van der Waals surface area contributed by atoms with Crippen molar-refractivity contribution in [3.8, 4) is 6.07 Å². The number of rotatable bonds is 2. The molecule has 0 bridgehead atoms. The van der Waals surface area contributed by atoms with Crippen molar-refractivity contribution in [1.29, 1.82) is 5.26 Å². The maximum atomic E-state index is 9.03. The van der Waals surface area contributed by atoms with Crippen LogP contribution in [0.25, 0.3) is 0 Å². The van der Waals surface area contributed by atoms with Crippen molar-refractivity contribution in [1.82, 2.24) is 0 Å². The van der Waals surface area contributed by atoms with Crippen LogP contribution in [0, 0.1) is 11.3 Å². The molecule has 1 aliphatic rings. The Hall–Kier alpha value is -1.14. The molecule has 2 rings (SSSR count). The van der Waals surface area contributed by atoms with E-state index in [2.05, 4.69) is 18.0 Å². The normalized spacial score (nSPS) is 19.9. The summed E-state index contributed by atoms with van der Waals surface area (Å²) >= 11 is 1.99. The zero-order chi connectivity index (χ0) is 10.7. The van der Waals surface area contributed by atoms with Crippen LogP contribution in [0.2, 0.25) is 0 Å². The summed E-state index contributed by atoms with van der Waals surface area (Å²) in [5, 5.41) is 9.03. The molecule has 1 saturated heterocycles. The summed E-state index contributed by atoms with van der Waals surface area (Å²) < 4.78 is 0. The molecule has 0 spiro atoms. The van der Waals surface area contributed by atoms with Crippen LogP contribution in [0.4, 0.5) is 5.69 Å². The molecule has 15 heavy (non-hydrogen) atoms. The van der Waals surface area contributed by atoms with Crippen molar-refractivity contribution in [3.63, 3.8) is 0 Å². The molecule has 0 N–H and O–H groups in total. The minimum absolute atomic E-state index is 0.587. The topological polar surface area (TPSA) is 27.0 Å². The molecule has 3 heteroatoms. The van der Waals surface area contributed by atoms with Crippen LogP contribution in [-0.4, -0.2) is 24.6 Å². The van der Waals surface area contributed by atoms with E-state index in [1.807, 2.05) is 36.0 Å². The van der Waals surface area contributed by atoms with E-state index in [1.165, 1.54) is 17.9 Å². The van der Waals surface area contributed by atoms with Crippen molar-refractivity contribution < 1.29 is 0 Å². The first-order valence-electron chi connectivity index (χ1n) is 5.12. The summed E-state index contributed by atoms with van der Waals surface area (Å²) in [7, 11) is 2.09. The highest BCUT2D eigenvalue weighted by molar-refractivity contribution is 7.99. The number of nitrogens with zero attached hydrogens (tertiary/aromatic N) is 2. The van der Waals surface area contributed by atoms with Crippen LogP contribution >= 0.6 is 11.8 Å².